The Kier molecular flexibility index (Phi) is 6.74. The van der Waals surface area contributed by atoms with Crippen LogP contribution >= 0.6 is 23.2 Å². The number of nitrogens with two attached hydrogens (primary N) is 1. The van der Waals surface area contributed by atoms with Gasteiger partial charge in [0.05, 0.1) is 17.4 Å². The van der Waals surface area contributed by atoms with Gasteiger partial charge in [-0.3, -0.25) is 9.59 Å². The molecule has 0 aromatic heterocycles. The van der Waals surface area contributed by atoms with Crippen molar-refractivity contribution in [1.82, 2.24) is 9.21 Å². The summed E-state index contributed by atoms with van der Waals surface area (Å²) in [6.07, 6.45) is 1.41. The Hall–Kier alpha value is -1.39. The van der Waals surface area contributed by atoms with E-state index in [9.17, 15) is 18.0 Å². The Morgan fingerprint density at radius 1 is 1.24 bits per heavy atom. The van der Waals surface area contributed by atoms with Gasteiger partial charge >= 0.3 is 0 Å². The summed E-state index contributed by atoms with van der Waals surface area (Å²) < 4.78 is 33.3. The third kappa shape index (κ3) is 4.39. The molecular weight excluding hydrogens is 441 g/mol. The first-order valence-corrected chi connectivity index (χ1v) is 11.4. The summed E-state index contributed by atoms with van der Waals surface area (Å²) in [5, 5.41) is 0.325. The van der Waals surface area contributed by atoms with Crippen LogP contribution in [0.2, 0.25) is 10.0 Å². The van der Waals surface area contributed by atoms with E-state index in [1.807, 2.05) is 0 Å². The lowest BCUT2D eigenvalue weighted by Gasteiger charge is -2.40. The molecule has 0 aliphatic carbocycles. The van der Waals surface area contributed by atoms with Crippen LogP contribution in [-0.2, 0) is 24.3 Å². The molecule has 3 rings (SSSR count). The van der Waals surface area contributed by atoms with Crippen molar-refractivity contribution >= 4 is 45.0 Å². The van der Waals surface area contributed by atoms with Crippen molar-refractivity contribution in [1.29, 1.82) is 0 Å². The van der Waals surface area contributed by atoms with Gasteiger partial charge in [-0.15, -0.1) is 0 Å². The molecule has 0 unspecified atom stereocenters. The van der Waals surface area contributed by atoms with Crippen LogP contribution < -0.4 is 5.73 Å². The standard InChI is InChI=1S/C18H23Cl2N3O5S/c1-28-6-5-22-10-14(17(21)24)15-3-2-4-16(18(22)25)23(15)29(26,27)13-8-11(19)7-12(20)9-13/h7-9,14-16H,2-6,10H2,1H3,(H2,21,24)/t14-,15+,16-/m0/s1. The number of piperidine rings is 1. The second kappa shape index (κ2) is 8.77. The first-order valence-electron chi connectivity index (χ1n) is 9.23. The van der Waals surface area contributed by atoms with Crippen molar-refractivity contribution in [3.63, 3.8) is 0 Å². The smallest absolute Gasteiger partial charge is 0.244 e. The molecule has 1 aromatic rings. The lowest BCUT2D eigenvalue weighted by Crippen LogP contribution is -2.56. The maximum Gasteiger partial charge on any atom is 0.244 e. The number of rotatable bonds is 6. The number of primary amides is 1. The molecule has 2 bridgehead atoms. The van der Waals surface area contributed by atoms with Crippen LogP contribution in [0.15, 0.2) is 23.1 Å². The van der Waals surface area contributed by atoms with Crippen LogP contribution in [0.3, 0.4) is 0 Å². The van der Waals surface area contributed by atoms with E-state index in [2.05, 4.69) is 0 Å². The Morgan fingerprint density at radius 3 is 2.48 bits per heavy atom. The monoisotopic (exact) mass is 463 g/mol. The molecule has 160 valence electrons. The highest BCUT2D eigenvalue weighted by molar-refractivity contribution is 7.89. The number of nitrogens with zero attached hydrogens (tertiary/aromatic N) is 2. The Bertz CT molecular complexity index is 891. The number of amides is 2. The maximum atomic E-state index is 13.6. The fraction of sp³-hybridized carbons (Fsp3) is 0.556. The minimum absolute atomic E-state index is 0.0566. The van der Waals surface area contributed by atoms with Gasteiger partial charge in [-0.2, -0.15) is 4.31 Å². The van der Waals surface area contributed by atoms with Gasteiger partial charge in [0.15, 0.2) is 0 Å². The van der Waals surface area contributed by atoms with Crippen LogP contribution in [0.5, 0.6) is 0 Å². The Labute approximate surface area is 179 Å². The van der Waals surface area contributed by atoms with Gasteiger partial charge < -0.3 is 15.4 Å². The molecule has 8 nitrogen and oxygen atoms in total. The van der Waals surface area contributed by atoms with Gasteiger partial charge in [0.2, 0.25) is 21.8 Å². The molecule has 2 saturated heterocycles. The Morgan fingerprint density at radius 2 is 1.90 bits per heavy atom. The lowest BCUT2D eigenvalue weighted by atomic mass is 9.90. The maximum absolute atomic E-state index is 13.6. The molecule has 2 aliphatic rings. The molecule has 2 aliphatic heterocycles. The highest BCUT2D eigenvalue weighted by Crippen LogP contribution is 2.38. The van der Waals surface area contributed by atoms with Crippen LogP contribution in [0.1, 0.15) is 19.3 Å². The van der Waals surface area contributed by atoms with Gasteiger partial charge in [0.25, 0.3) is 0 Å². The quantitative estimate of drug-likeness (QED) is 0.686. The summed E-state index contributed by atoms with van der Waals surface area (Å²) in [6.45, 7) is 0.575. The lowest BCUT2D eigenvalue weighted by molar-refractivity contribution is -0.135. The number of benzene rings is 1. The molecule has 11 heteroatoms. The first kappa shape index (κ1) is 22.3. The van der Waals surface area contributed by atoms with Gasteiger partial charge in [-0.25, -0.2) is 8.42 Å². The highest BCUT2D eigenvalue weighted by Gasteiger charge is 2.51. The van der Waals surface area contributed by atoms with Crippen molar-refractivity contribution in [2.75, 3.05) is 26.8 Å². The van der Waals surface area contributed by atoms with Crippen molar-refractivity contribution in [2.24, 2.45) is 11.7 Å². The topological polar surface area (TPSA) is 110 Å². The summed E-state index contributed by atoms with van der Waals surface area (Å²) in [5.41, 5.74) is 5.63. The van der Waals surface area contributed by atoms with E-state index in [0.717, 1.165) is 4.31 Å². The van der Waals surface area contributed by atoms with E-state index < -0.39 is 33.9 Å². The number of hydrogen-bond donors (Lipinski definition) is 1. The van der Waals surface area contributed by atoms with E-state index >= 15 is 0 Å². The van der Waals surface area contributed by atoms with E-state index in [0.29, 0.717) is 19.3 Å². The van der Waals surface area contributed by atoms with E-state index in [4.69, 9.17) is 33.7 Å². The minimum atomic E-state index is -4.15. The van der Waals surface area contributed by atoms with Crippen molar-refractivity contribution in [2.45, 2.75) is 36.2 Å². The molecule has 2 heterocycles. The van der Waals surface area contributed by atoms with E-state index in [1.165, 1.54) is 30.2 Å². The third-order valence-electron chi connectivity index (χ3n) is 5.43. The molecule has 2 fully saturated rings. The van der Waals surface area contributed by atoms with Crippen molar-refractivity contribution in [3.8, 4) is 0 Å². The fourth-order valence-corrected chi connectivity index (χ4v) is 6.69. The predicted molar refractivity (Wildman–Crippen MR) is 108 cm³/mol. The summed E-state index contributed by atoms with van der Waals surface area (Å²) in [5.74, 6) is -1.82. The number of carbonyl (C=O) groups is 2. The predicted octanol–water partition coefficient (Wildman–Crippen LogP) is 1.50. The largest absolute Gasteiger partial charge is 0.383 e. The molecule has 3 atom stereocenters. The SMILES string of the molecule is COCCN1C[C@H](C(N)=O)[C@H]2CCC[C@@H](C1=O)N2S(=O)(=O)c1cc(Cl)cc(Cl)c1. The van der Waals surface area contributed by atoms with Gasteiger partial charge in [-0.05, 0) is 37.5 Å². The van der Waals surface area contributed by atoms with Crippen LogP contribution in [0.25, 0.3) is 0 Å². The molecular formula is C18H23Cl2N3O5S. The average Bonchev–Trinajstić information content (AvgIpc) is 2.72. The number of carbonyl (C=O) groups excluding carboxylic acids is 2. The number of methoxy groups -OCH3 is 1. The third-order valence-corrected chi connectivity index (χ3v) is 7.78. The summed E-state index contributed by atoms with van der Waals surface area (Å²) in [4.78, 5) is 26.8. The summed E-state index contributed by atoms with van der Waals surface area (Å²) in [7, 11) is -2.65. The molecule has 0 radical (unpaired) electrons. The van der Waals surface area contributed by atoms with Gasteiger partial charge in [0.1, 0.15) is 6.04 Å². The van der Waals surface area contributed by atoms with Crippen LogP contribution in [0.4, 0.5) is 0 Å². The number of halogens is 2. The number of sulfonamides is 1. The molecule has 1 aromatic carbocycles. The van der Waals surface area contributed by atoms with E-state index in [1.54, 1.807) is 0 Å². The zero-order valence-corrected chi connectivity index (χ0v) is 18.2. The summed E-state index contributed by atoms with van der Waals surface area (Å²) >= 11 is 12.0. The number of ether oxygens (including phenoxy) is 1. The normalized spacial score (nSPS) is 25.7. The fourth-order valence-electron chi connectivity index (χ4n) is 4.10. The summed E-state index contributed by atoms with van der Waals surface area (Å²) in [6, 6.07) is 2.36. The second-order valence-corrected chi connectivity index (χ2v) is 9.96. The molecule has 29 heavy (non-hydrogen) atoms. The zero-order valence-electron chi connectivity index (χ0n) is 15.9. The number of hydrogen-bond acceptors (Lipinski definition) is 5. The molecule has 2 N–H and O–H groups in total. The van der Waals surface area contributed by atoms with Crippen LogP contribution in [-0.4, -0.2) is 68.3 Å². The van der Waals surface area contributed by atoms with Crippen LogP contribution in [0, 0.1) is 5.92 Å². The average molecular weight is 464 g/mol. The molecule has 0 spiro atoms. The van der Waals surface area contributed by atoms with Crippen molar-refractivity contribution in [3.05, 3.63) is 28.2 Å². The zero-order chi connectivity index (χ0) is 21.3. The Balaban J connectivity index is 2.10. The van der Waals surface area contributed by atoms with Gasteiger partial charge in [-0.1, -0.05) is 23.2 Å². The molecule has 0 saturated carbocycles. The van der Waals surface area contributed by atoms with Gasteiger partial charge in [0, 0.05) is 36.3 Å². The second-order valence-electron chi connectivity index (χ2n) is 7.24. The number of fused-ring (bicyclic) bond motifs is 2. The first-order chi connectivity index (χ1) is 13.7. The molecule has 2 amide bonds. The van der Waals surface area contributed by atoms with Crippen molar-refractivity contribution < 1.29 is 22.7 Å². The highest BCUT2D eigenvalue weighted by atomic mass is 35.5. The van der Waals surface area contributed by atoms with E-state index in [-0.39, 0.29) is 40.5 Å². The minimum Gasteiger partial charge on any atom is -0.383 e.